The number of aliphatic hydroxyl groups excluding tert-OH is 1. The molecule has 222 valence electrons. The van der Waals surface area contributed by atoms with Gasteiger partial charge in [0.25, 0.3) is 17.5 Å². The molecule has 0 radical (unpaired) electrons. The largest absolute Gasteiger partial charge is 0.508 e. The van der Waals surface area contributed by atoms with Crippen LogP contribution in [0.1, 0.15) is 31.8 Å². The third kappa shape index (κ3) is 4.02. The zero-order valence-electron chi connectivity index (χ0n) is 23.0. The summed E-state index contributed by atoms with van der Waals surface area (Å²) in [7, 11) is 2.99. The number of primary amides is 1. The summed E-state index contributed by atoms with van der Waals surface area (Å²) in [5.74, 6) is -8.37. The summed E-state index contributed by atoms with van der Waals surface area (Å²) in [4.78, 5) is 64.3. The topological polar surface area (TPSA) is 234 Å². The zero-order valence-corrected chi connectivity index (χ0v) is 23.0. The molecule has 0 saturated heterocycles. The number of aliphatic hydroxyl groups is 2. The number of rotatable bonds is 5. The van der Waals surface area contributed by atoms with Crippen molar-refractivity contribution in [2.24, 2.45) is 11.7 Å². The van der Waals surface area contributed by atoms with Gasteiger partial charge in [0, 0.05) is 12.0 Å². The molecule has 0 bridgehead atoms. The number of nitrogens with one attached hydrogen (secondary N) is 1. The Morgan fingerprint density at radius 1 is 1.09 bits per heavy atom. The van der Waals surface area contributed by atoms with Gasteiger partial charge in [0.2, 0.25) is 5.78 Å². The minimum absolute atomic E-state index is 0.200. The monoisotopic (exact) mass is 590 g/mol. The number of carbonyl (C=O) groups is 4. The summed E-state index contributed by atoms with van der Waals surface area (Å²) < 4.78 is 0. The lowest BCUT2D eigenvalue weighted by atomic mass is 9.61. The van der Waals surface area contributed by atoms with Crippen molar-refractivity contribution >= 4 is 45.5 Å². The number of nitro groups is 1. The first kappa shape index (κ1) is 29.2. The SMILES string of the molecule is Cc1c2c(c(O)c3c(O)c(NC(=O)c4ccccc4[N+](=O)[O-])ccc13)C(=O)[C@]1(O)C(O)=C(C(N)=O)C(=O)[C@@H](N(C)C)[C@@H]1C2. The van der Waals surface area contributed by atoms with Crippen LogP contribution in [0.2, 0.25) is 0 Å². The summed E-state index contributed by atoms with van der Waals surface area (Å²) in [5, 5.41) is 59.0. The Kier molecular flexibility index (Phi) is 6.71. The number of fused-ring (bicyclic) bond motifs is 3. The standard InChI is InChI=1S/C29H26N4O10/c1-11-12-8-9-16(31-28(40)13-6-4-5-7-17(13)33(42)43)22(34)18(12)23(35)19-14(11)10-15-21(32(2)3)24(36)20(27(30)39)26(38)29(15,41)25(19)37/h4-9,15,21,34-35,38,41H,10H2,1-3H3,(H2,30,39)(H,31,40)/t15-,21-,29-/m0/s1. The first-order chi connectivity index (χ1) is 20.1. The van der Waals surface area contributed by atoms with Crippen molar-refractivity contribution in [2.45, 2.75) is 25.0 Å². The Morgan fingerprint density at radius 3 is 2.35 bits per heavy atom. The summed E-state index contributed by atoms with van der Waals surface area (Å²) >= 11 is 0. The molecule has 14 nitrogen and oxygen atoms in total. The van der Waals surface area contributed by atoms with Crippen molar-refractivity contribution < 1.29 is 44.5 Å². The number of likely N-dealkylation sites (N-methyl/N-ethyl adjacent to an activating group) is 1. The van der Waals surface area contributed by atoms with Gasteiger partial charge in [0.15, 0.2) is 17.1 Å². The number of nitrogens with zero attached hydrogens (tertiary/aromatic N) is 2. The van der Waals surface area contributed by atoms with Crippen molar-refractivity contribution in [3.8, 4) is 11.5 Å². The molecular formula is C29H26N4O10. The predicted molar refractivity (Wildman–Crippen MR) is 151 cm³/mol. The Labute approximate surface area is 242 Å². The maximum Gasteiger partial charge on any atom is 0.282 e. The van der Waals surface area contributed by atoms with Crippen LogP contribution >= 0.6 is 0 Å². The second-order valence-corrected chi connectivity index (χ2v) is 10.7. The molecule has 0 aromatic heterocycles. The van der Waals surface area contributed by atoms with Gasteiger partial charge >= 0.3 is 0 Å². The van der Waals surface area contributed by atoms with Crippen molar-refractivity contribution in [3.05, 3.63) is 80.1 Å². The predicted octanol–water partition coefficient (Wildman–Crippen LogP) is 1.62. The van der Waals surface area contributed by atoms with E-state index in [9.17, 15) is 49.7 Å². The van der Waals surface area contributed by atoms with E-state index in [-0.39, 0.29) is 34.0 Å². The van der Waals surface area contributed by atoms with Gasteiger partial charge in [-0.05, 0) is 56.1 Å². The van der Waals surface area contributed by atoms with Crippen molar-refractivity contribution in [3.63, 3.8) is 0 Å². The van der Waals surface area contributed by atoms with Gasteiger partial charge in [-0.1, -0.05) is 18.2 Å². The number of aromatic hydroxyl groups is 2. The minimum Gasteiger partial charge on any atom is -0.508 e. The lowest BCUT2D eigenvalue weighted by molar-refractivity contribution is -0.385. The molecule has 0 saturated carbocycles. The second-order valence-electron chi connectivity index (χ2n) is 10.7. The lowest BCUT2D eigenvalue weighted by Crippen LogP contribution is -2.64. The minimum atomic E-state index is -2.83. The van der Waals surface area contributed by atoms with Crippen LogP contribution in [-0.2, 0) is 16.0 Å². The van der Waals surface area contributed by atoms with E-state index in [2.05, 4.69) is 5.32 Å². The number of Topliss-reactive ketones (excluding diaryl/α,β-unsaturated/α-hetero) is 2. The second kappa shape index (κ2) is 9.89. The molecule has 0 fully saturated rings. The molecule has 7 N–H and O–H groups in total. The Morgan fingerprint density at radius 2 is 1.74 bits per heavy atom. The van der Waals surface area contributed by atoms with E-state index in [0.717, 1.165) is 6.07 Å². The highest BCUT2D eigenvalue weighted by Crippen LogP contribution is 2.51. The zero-order chi connectivity index (χ0) is 31.7. The third-order valence-corrected chi connectivity index (χ3v) is 8.23. The first-order valence-electron chi connectivity index (χ1n) is 12.9. The molecule has 43 heavy (non-hydrogen) atoms. The number of anilines is 1. The van der Waals surface area contributed by atoms with Crippen molar-refractivity contribution in [2.75, 3.05) is 19.4 Å². The molecule has 0 aliphatic heterocycles. The molecule has 0 heterocycles. The Balaban J connectivity index is 1.70. The number of hydrogen-bond donors (Lipinski definition) is 6. The fourth-order valence-corrected chi connectivity index (χ4v) is 6.20. The highest BCUT2D eigenvalue weighted by molar-refractivity contribution is 6.25. The fourth-order valence-electron chi connectivity index (χ4n) is 6.20. The molecule has 3 aromatic rings. The first-order valence-corrected chi connectivity index (χ1v) is 12.9. The van der Waals surface area contributed by atoms with Gasteiger partial charge < -0.3 is 31.5 Å². The van der Waals surface area contributed by atoms with Gasteiger partial charge in [-0.15, -0.1) is 0 Å². The number of amides is 2. The van der Waals surface area contributed by atoms with Crippen LogP contribution < -0.4 is 11.1 Å². The maximum absolute atomic E-state index is 14.0. The van der Waals surface area contributed by atoms with Gasteiger partial charge in [-0.2, -0.15) is 0 Å². The van der Waals surface area contributed by atoms with Crippen molar-refractivity contribution in [1.82, 2.24) is 4.90 Å². The van der Waals surface area contributed by atoms with E-state index in [4.69, 9.17) is 5.73 Å². The number of nitrogens with two attached hydrogens (primary N) is 1. The highest BCUT2D eigenvalue weighted by Gasteiger charge is 2.62. The molecule has 0 unspecified atom stereocenters. The van der Waals surface area contributed by atoms with E-state index in [1.807, 2.05) is 0 Å². The van der Waals surface area contributed by atoms with E-state index in [1.54, 1.807) is 6.92 Å². The van der Waals surface area contributed by atoms with Crippen LogP contribution in [0.3, 0.4) is 0 Å². The number of ketones is 2. The normalized spacial score (nSPS) is 21.5. The average molecular weight is 591 g/mol. The van der Waals surface area contributed by atoms with Crippen LogP contribution in [-0.4, -0.2) is 79.4 Å². The molecule has 2 aliphatic carbocycles. The summed E-state index contributed by atoms with van der Waals surface area (Å²) in [6.45, 7) is 1.59. The lowest BCUT2D eigenvalue weighted by Gasteiger charge is -2.47. The number of phenols is 2. The van der Waals surface area contributed by atoms with Crippen LogP contribution in [0.5, 0.6) is 11.5 Å². The van der Waals surface area contributed by atoms with Crippen LogP contribution in [0.25, 0.3) is 10.8 Å². The smallest absolute Gasteiger partial charge is 0.282 e. The molecule has 2 aliphatic rings. The maximum atomic E-state index is 14.0. The molecule has 3 atom stereocenters. The molecule has 14 heteroatoms. The molecule has 3 aromatic carbocycles. The number of aryl methyl sites for hydroxylation is 1. The highest BCUT2D eigenvalue weighted by atomic mass is 16.6. The van der Waals surface area contributed by atoms with Crippen LogP contribution in [0.15, 0.2) is 47.7 Å². The summed E-state index contributed by atoms with van der Waals surface area (Å²) in [6, 6.07) is 6.66. The Hall–Kier alpha value is -5.34. The molecule has 0 spiro atoms. The summed E-state index contributed by atoms with van der Waals surface area (Å²) in [6.07, 6.45) is -0.200. The average Bonchev–Trinajstić information content (AvgIpc) is 2.94. The van der Waals surface area contributed by atoms with Crippen LogP contribution in [0.4, 0.5) is 11.4 Å². The quantitative estimate of drug-likeness (QED) is 0.108. The number of benzene rings is 3. The molecule has 5 rings (SSSR count). The number of phenolic OH excluding ortho intramolecular Hbond substituents is 2. The van der Waals surface area contributed by atoms with E-state index in [1.165, 1.54) is 49.3 Å². The molecule has 2 amide bonds. The number of para-hydroxylation sites is 1. The van der Waals surface area contributed by atoms with Gasteiger partial charge in [0.1, 0.15) is 22.6 Å². The fraction of sp³-hybridized carbons (Fsp3) is 0.241. The van der Waals surface area contributed by atoms with Gasteiger partial charge in [-0.3, -0.25) is 34.2 Å². The van der Waals surface area contributed by atoms with Crippen molar-refractivity contribution in [1.29, 1.82) is 0 Å². The van der Waals surface area contributed by atoms with E-state index in [0.29, 0.717) is 5.56 Å². The number of carbonyl (C=O) groups excluding carboxylic acids is 4. The third-order valence-electron chi connectivity index (χ3n) is 8.23. The van der Waals surface area contributed by atoms with E-state index < -0.39 is 79.9 Å². The van der Waals surface area contributed by atoms with Crippen LogP contribution in [0, 0.1) is 23.0 Å². The Bertz CT molecular complexity index is 1850. The van der Waals surface area contributed by atoms with Gasteiger partial charge in [0.05, 0.1) is 27.6 Å². The summed E-state index contributed by atoms with van der Waals surface area (Å²) in [5.41, 5.74) is 0.693. The number of nitro benzene ring substituents is 1. The molecular weight excluding hydrogens is 564 g/mol. The van der Waals surface area contributed by atoms with Gasteiger partial charge in [-0.25, -0.2) is 0 Å². The number of hydrogen-bond acceptors (Lipinski definition) is 11. The van der Waals surface area contributed by atoms with E-state index >= 15 is 0 Å².